The Morgan fingerprint density at radius 1 is 1.09 bits per heavy atom. The van der Waals surface area contributed by atoms with E-state index in [1.54, 1.807) is 30.3 Å². The van der Waals surface area contributed by atoms with Gasteiger partial charge in [-0.3, -0.25) is 4.31 Å². The predicted octanol–water partition coefficient (Wildman–Crippen LogP) is 2.64. The van der Waals surface area contributed by atoms with E-state index in [1.807, 2.05) is 6.92 Å². The van der Waals surface area contributed by atoms with Gasteiger partial charge in [0.25, 0.3) is 10.0 Å². The second kappa shape index (κ2) is 6.00. The van der Waals surface area contributed by atoms with Crippen molar-refractivity contribution in [2.24, 2.45) is 0 Å². The molecule has 3 rings (SSSR count). The molecule has 0 unspecified atom stereocenters. The minimum absolute atomic E-state index is 0.147. The van der Waals surface area contributed by atoms with Gasteiger partial charge >= 0.3 is 0 Å². The Hall–Kier alpha value is -2.41. The topological polar surface area (TPSA) is 65.1 Å². The Bertz CT molecular complexity index is 802. The fourth-order valence-electron chi connectivity index (χ4n) is 2.25. The molecule has 0 saturated carbocycles. The molecule has 1 heterocycles. The third kappa shape index (κ3) is 2.92. The van der Waals surface area contributed by atoms with Crippen LogP contribution in [0, 0.1) is 0 Å². The van der Waals surface area contributed by atoms with Crippen LogP contribution < -0.4 is 18.5 Å². The summed E-state index contributed by atoms with van der Waals surface area (Å²) < 4.78 is 42.5. The standard InChI is InChI=1S/C16H17NO5S/c1-3-20-13-5-7-14(8-6-13)23(18,19)17(2)12-4-9-15-16(10-12)22-11-21-15/h4-10H,3,11H2,1-2H3. The summed E-state index contributed by atoms with van der Waals surface area (Å²) in [5.41, 5.74) is 0.503. The molecule has 0 N–H and O–H groups in total. The fourth-order valence-corrected chi connectivity index (χ4v) is 3.44. The number of benzene rings is 2. The van der Waals surface area contributed by atoms with Crippen molar-refractivity contribution in [3.8, 4) is 17.2 Å². The number of ether oxygens (including phenoxy) is 3. The lowest BCUT2D eigenvalue weighted by atomic mass is 10.3. The lowest BCUT2D eigenvalue weighted by molar-refractivity contribution is 0.174. The molecule has 122 valence electrons. The van der Waals surface area contributed by atoms with Gasteiger partial charge in [-0.2, -0.15) is 0 Å². The van der Waals surface area contributed by atoms with Crippen molar-refractivity contribution in [3.63, 3.8) is 0 Å². The molecule has 1 aliphatic heterocycles. The normalized spacial score (nSPS) is 13.0. The molecule has 0 atom stereocenters. The summed E-state index contributed by atoms with van der Waals surface area (Å²) in [6, 6.07) is 11.4. The monoisotopic (exact) mass is 335 g/mol. The molecule has 0 aliphatic carbocycles. The van der Waals surface area contributed by atoms with Gasteiger partial charge in [-0.05, 0) is 43.3 Å². The van der Waals surface area contributed by atoms with Gasteiger partial charge in [0.15, 0.2) is 11.5 Å². The van der Waals surface area contributed by atoms with Crippen LogP contribution >= 0.6 is 0 Å². The Labute approximate surface area is 135 Å². The molecule has 0 amide bonds. The maximum Gasteiger partial charge on any atom is 0.264 e. The molecule has 0 bridgehead atoms. The zero-order valence-corrected chi connectivity index (χ0v) is 13.7. The van der Waals surface area contributed by atoms with Crippen molar-refractivity contribution in [3.05, 3.63) is 42.5 Å². The predicted molar refractivity (Wildman–Crippen MR) is 85.8 cm³/mol. The minimum atomic E-state index is -3.66. The highest BCUT2D eigenvalue weighted by molar-refractivity contribution is 7.92. The van der Waals surface area contributed by atoms with Crippen LogP contribution in [0.3, 0.4) is 0 Å². The maximum atomic E-state index is 12.7. The molecule has 0 aromatic heterocycles. The van der Waals surface area contributed by atoms with Crippen molar-refractivity contribution in [2.45, 2.75) is 11.8 Å². The first-order valence-electron chi connectivity index (χ1n) is 7.14. The van der Waals surface area contributed by atoms with Crippen molar-refractivity contribution < 1.29 is 22.6 Å². The molecule has 0 radical (unpaired) electrons. The zero-order chi connectivity index (χ0) is 16.4. The molecule has 0 spiro atoms. The first-order chi connectivity index (χ1) is 11.0. The molecular weight excluding hydrogens is 318 g/mol. The van der Waals surface area contributed by atoms with Gasteiger partial charge in [0.05, 0.1) is 17.2 Å². The molecule has 2 aromatic carbocycles. The molecule has 0 saturated heterocycles. The summed E-state index contributed by atoms with van der Waals surface area (Å²) in [4.78, 5) is 0.195. The van der Waals surface area contributed by atoms with Crippen molar-refractivity contribution in [1.82, 2.24) is 0 Å². The highest BCUT2D eigenvalue weighted by Gasteiger charge is 2.23. The average Bonchev–Trinajstić information content (AvgIpc) is 3.02. The van der Waals surface area contributed by atoms with E-state index in [1.165, 1.54) is 23.5 Å². The van der Waals surface area contributed by atoms with Crippen molar-refractivity contribution in [1.29, 1.82) is 0 Å². The van der Waals surface area contributed by atoms with Gasteiger partial charge in [0.2, 0.25) is 6.79 Å². The van der Waals surface area contributed by atoms with Gasteiger partial charge in [-0.15, -0.1) is 0 Å². The number of rotatable bonds is 5. The second-order valence-electron chi connectivity index (χ2n) is 4.91. The van der Waals surface area contributed by atoms with Crippen LogP contribution in [0.4, 0.5) is 5.69 Å². The average molecular weight is 335 g/mol. The van der Waals surface area contributed by atoms with Crippen LogP contribution in [0.5, 0.6) is 17.2 Å². The largest absolute Gasteiger partial charge is 0.494 e. The summed E-state index contributed by atoms with van der Waals surface area (Å²) in [6.45, 7) is 2.55. The number of hydrogen-bond acceptors (Lipinski definition) is 5. The minimum Gasteiger partial charge on any atom is -0.494 e. The molecule has 0 fully saturated rings. The summed E-state index contributed by atoms with van der Waals surface area (Å²) >= 11 is 0. The van der Waals surface area contributed by atoms with Gasteiger partial charge in [0.1, 0.15) is 5.75 Å². The van der Waals surface area contributed by atoms with E-state index in [0.29, 0.717) is 29.5 Å². The zero-order valence-electron chi connectivity index (χ0n) is 12.9. The van der Waals surface area contributed by atoms with Gasteiger partial charge in [0, 0.05) is 13.1 Å². The maximum absolute atomic E-state index is 12.7. The van der Waals surface area contributed by atoms with Gasteiger partial charge in [-0.1, -0.05) is 0 Å². The third-order valence-corrected chi connectivity index (χ3v) is 5.31. The molecular formula is C16H17NO5S. The lowest BCUT2D eigenvalue weighted by Crippen LogP contribution is -2.26. The van der Waals surface area contributed by atoms with E-state index in [0.717, 1.165) is 0 Å². The van der Waals surface area contributed by atoms with E-state index in [9.17, 15) is 8.42 Å². The van der Waals surface area contributed by atoms with Crippen molar-refractivity contribution in [2.75, 3.05) is 24.8 Å². The van der Waals surface area contributed by atoms with Crippen LogP contribution in [-0.4, -0.2) is 28.9 Å². The summed E-state index contributed by atoms with van der Waals surface area (Å²) in [6.07, 6.45) is 0. The van der Waals surface area contributed by atoms with E-state index < -0.39 is 10.0 Å². The Balaban J connectivity index is 1.89. The molecule has 2 aromatic rings. The fraction of sp³-hybridized carbons (Fsp3) is 0.250. The third-order valence-electron chi connectivity index (χ3n) is 3.51. The number of sulfonamides is 1. The Kier molecular flexibility index (Phi) is 4.04. The quantitative estimate of drug-likeness (QED) is 0.840. The molecule has 7 heteroatoms. The van der Waals surface area contributed by atoms with E-state index in [-0.39, 0.29) is 11.7 Å². The lowest BCUT2D eigenvalue weighted by Gasteiger charge is -2.20. The van der Waals surface area contributed by atoms with Gasteiger partial charge in [-0.25, -0.2) is 8.42 Å². The Morgan fingerprint density at radius 2 is 1.78 bits per heavy atom. The van der Waals surface area contributed by atoms with E-state index in [2.05, 4.69) is 0 Å². The van der Waals surface area contributed by atoms with Crippen LogP contribution in [-0.2, 0) is 10.0 Å². The molecule has 6 nitrogen and oxygen atoms in total. The van der Waals surface area contributed by atoms with Crippen molar-refractivity contribution >= 4 is 15.7 Å². The molecule has 23 heavy (non-hydrogen) atoms. The first kappa shape index (κ1) is 15.5. The van der Waals surface area contributed by atoms with Crippen LogP contribution in [0.1, 0.15) is 6.92 Å². The SMILES string of the molecule is CCOc1ccc(S(=O)(=O)N(C)c2ccc3c(c2)OCO3)cc1. The highest BCUT2D eigenvalue weighted by Crippen LogP contribution is 2.36. The summed E-state index contributed by atoms with van der Waals surface area (Å²) in [5, 5.41) is 0. The van der Waals surface area contributed by atoms with Crippen LogP contribution in [0.2, 0.25) is 0 Å². The summed E-state index contributed by atoms with van der Waals surface area (Å²) in [5.74, 6) is 1.79. The van der Waals surface area contributed by atoms with Crippen LogP contribution in [0.25, 0.3) is 0 Å². The highest BCUT2D eigenvalue weighted by atomic mass is 32.2. The van der Waals surface area contributed by atoms with E-state index in [4.69, 9.17) is 14.2 Å². The summed E-state index contributed by atoms with van der Waals surface area (Å²) in [7, 11) is -2.16. The number of nitrogens with zero attached hydrogens (tertiary/aromatic N) is 1. The second-order valence-corrected chi connectivity index (χ2v) is 6.88. The van der Waals surface area contributed by atoms with E-state index >= 15 is 0 Å². The molecule has 1 aliphatic rings. The Morgan fingerprint density at radius 3 is 2.48 bits per heavy atom. The number of anilines is 1. The smallest absolute Gasteiger partial charge is 0.264 e. The number of fused-ring (bicyclic) bond motifs is 1. The van der Waals surface area contributed by atoms with Gasteiger partial charge < -0.3 is 14.2 Å². The first-order valence-corrected chi connectivity index (χ1v) is 8.58. The van der Waals surface area contributed by atoms with Crippen LogP contribution in [0.15, 0.2) is 47.4 Å². The number of hydrogen-bond donors (Lipinski definition) is 0.